The number of carbonyl (C=O) groups excluding carboxylic acids is 2. The summed E-state index contributed by atoms with van der Waals surface area (Å²) in [6.07, 6.45) is 2.67. The molecule has 0 amide bonds. The van der Waals surface area contributed by atoms with Crippen molar-refractivity contribution in [2.45, 2.75) is 13.5 Å². The van der Waals surface area contributed by atoms with E-state index in [-0.39, 0.29) is 34.2 Å². The van der Waals surface area contributed by atoms with E-state index in [1.165, 1.54) is 26.4 Å². The molecule has 1 heterocycles. The zero-order valence-corrected chi connectivity index (χ0v) is 18.1. The normalized spacial score (nSPS) is 10.5. The van der Waals surface area contributed by atoms with Crippen molar-refractivity contribution in [3.63, 3.8) is 0 Å². The van der Waals surface area contributed by atoms with Gasteiger partial charge in [-0.2, -0.15) is 5.26 Å². The zero-order valence-electron chi connectivity index (χ0n) is 16.5. The summed E-state index contributed by atoms with van der Waals surface area (Å²) < 4.78 is 20.5. The summed E-state index contributed by atoms with van der Waals surface area (Å²) in [5.74, 6) is -0.532. The van der Waals surface area contributed by atoms with Gasteiger partial charge in [-0.1, -0.05) is 11.6 Å². The van der Waals surface area contributed by atoms with Gasteiger partial charge in [-0.05, 0) is 30.7 Å². The fourth-order valence-electron chi connectivity index (χ4n) is 2.50. The Morgan fingerprint density at radius 2 is 2.00 bits per heavy atom. The standard InChI is InChI=1S/C20H19ClN2O6S/c1-4-28-20(25)18-13(12(9-22)19(23)30-18)10-29-16(24)6-5-11-7-14(21)17(27-3)15(8-11)26-2/h5-8H,4,10,23H2,1-3H3/b6-5+. The van der Waals surface area contributed by atoms with Gasteiger partial charge in [0.1, 0.15) is 22.6 Å². The first-order valence-electron chi connectivity index (χ1n) is 8.60. The Morgan fingerprint density at radius 1 is 1.27 bits per heavy atom. The Morgan fingerprint density at radius 3 is 2.60 bits per heavy atom. The number of rotatable bonds is 8. The Bertz CT molecular complexity index is 1030. The molecule has 0 saturated heterocycles. The first-order valence-corrected chi connectivity index (χ1v) is 9.80. The van der Waals surface area contributed by atoms with Crippen molar-refractivity contribution in [2.24, 2.45) is 0 Å². The van der Waals surface area contributed by atoms with Crippen LogP contribution >= 0.6 is 22.9 Å². The first-order chi connectivity index (χ1) is 14.4. The van der Waals surface area contributed by atoms with E-state index in [1.54, 1.807) is 19.1 Å². The number of hydrogen-bond donors (Lipinski definition) is 1. The van der Waals surface area contributed by atoms with E-state index in [9.17, 15) is 14.9 Å². The maximum absolute atomic E-state index is 12.1. The Balaban J connectivity index is 2.16. The highest BCUT2D eigenvalue weighted by atomic mass is 35.5. The number of nitrogen functional groups attached to an aromatic ring is 1. The third-order valence-corrected chi connectivity index (χ3v) is 5.16. The number of hydrogen-bond acceptors (Lipinski definition) is 9. The minimum absolute atomic E-state index is 0.0894. The van der Waals surface area contributed by atoms with E-state index < -0.39 is 11.9 Å². The maximum atomic E-state index is 12.1. The molecule has 1 aromatic carbocycles. The van der Waals surface area contributed by atoms with Crippen molar-refractivity contribution in [1.29, 1.82) is 5.26 Å². The van der Waals surface area contributed by atoms with E-state index in [4.69, 9.17) is 36.3 Å². The van der Waals surface area contributed by atoms with Gasteiger partial charge in [0.05, 0.1) is 31.4 Å². The number of nitriles is 1. The molecule has 2 N–H and O–H groups in total. The number of benzene rings is 1. The van der Waals surface area contributed by atoms with Gasteiger partial charge < -0.3 is 24.7 Å². The Kier molecular flexibility index (Phi) is 8.09. The Hall–Kier alpha value is -3.22. The predicted octanol–water partition coefficient (Wildman–Crippen LogP) is 3.81. The molecule has 2 rings (SSSR count). The van der Waals surface area contributed by atoms with Crippen LogP contribution in [-0.4, -0.2) is 32.8 Å². The van der Waals surface area contributed by atoms with E-state index in [1.807, 2.05) is 6.07 Å². The number of methoxy groups -OCH3 is 2. The summed E-state index contributed by atoms with van der Waals surface area (Å²) in [4.78, 5) is 24.4. The zero-order chi connectivity index (χ0) is 22.3. The number of thiophene rings is 1. The second-order valence-corrected chi connectivity index (χ2v) is 7.12. The van der Waals surface area contributed by atoms with E-state index in [2.05, 4.69) is 0 Å². The summed E-state index contributed by atoms with van der Waals surface area (Å²) >= 11 is 7.05. The number of nitrogens with two attached hydrogens (primary N) is 1. The molecule has 1 aromatic heterocycles. The van der Waals surface area contributed by atoms with Crippen LogP contribution in [0.25, 0.3) is 6.08 Å². The van der Waals surface area contributed by atoms with Crippen LogP contribution in [0.1, 0.15) is 33.3 Å². The van der Waals surface area contributed by atoms with Crippen molar-refractivity contribution in [3.8, 4) is 17.6 Å². The first kappa shape index (κ1) is 23.1. The minimum atomic E-state index is -0.690. The monoisotopic (exact) mass is 450 g/mol. The van der Waals surface area contributed by atoms with Gasteiger partial charge in [0, 0.05) is 11.6 Å². The van der Waals surface area contributed by atoms with Gasteiger partial charge >= 0.3 is 11.9 Å². The maximum Gasteiger partial charge on any atom is 0.348 e. The summed E-state index contributed by atoms with van der Waals surface area (Å²) in [7, 11) is 2.93. The number of halogens is 1. The molecule has 0 bridgehead atoms. The smallest absolute Gasteiger partial charge is 0.348 e. The lowest BCUT2D eigenvalue weighted by Gasteiger charge is -2.10. The van der Waals surface area contributed by atoms with Crippen LogP contribution in [0.2, 0.25) is 5.02 Å². The second kappa shape index (κ2) is 10.5. The van der Waals surface area contributed by atoms with Gasteiger partial charge in [0.15, 0.2) is 11.5 Å². The van der Waals surface area contributed by atoms with Crippen LogP contribution in [0.4, 0.5) is 5.00 Å². The van der Waals surface area contributed by atoms with E-state index >= 15 is 0 Å². The van der Waals surface area contributed by atoms with E-state index in [0.29, 0.717) is 22.1 Å². The quantitative estimate of drug-likeness (QED) is 0.476. The van der Waals surface area contributed by atoms with Gasteiger partial charge in [-0.15, -0.1) is 11.3 Å². The number of anilines is 1. The van der Waals surface area contributed by atoms with Crippen molar-refractivity contribution in [1.82, 2.24) is 0 Å². The minimum Gasteiger partial charge on any atom is -0.493 e. The molecule has 0 saturated carbocycles. The van der Waals surface area contributed by atoms with E-state index in [0.717, 1.165) is 11.3 Å². The third kappa shape index (κ3) is 5.23. The lowest BCUT2D eigenvalue weighted by Crippen LogP contribution is -2.08. The molecule has 30 heavy (non-hydrogen) atoms. The number of nitrogens with zero attached hydrogens (tertiary/aromatic N) is 1. The second-order valence-electron chi connectivity index (χ2n) is 5.66. The lowest BCUT2D eigenvalue weighted by atomic mass is 10.1. The van der Waals surface area contributed by atoms with Crippen LogP contribution in [0, 0.1) is 11.3 Å². The molecule has 0 radical (unpaired) electrons. The molecule has 2 aromatic rings. The van der Waals surface area contributed by atoms with Crippen LogP contribution in [0.5, 0.6) is 11.5 Å². The fourth-order valence-corrected chi connectivity index (χ4v) is 3.71. The largest absolute Gasteiger partial charge is 0.493 e. The van der Waals surface area contributed by atoms with Crippen molar-refractivity contribution in [2.75, 3.05) is 26.6 Å². The molecule has 8 nitrogen and oxygen atoms in total. The molecule has 0 aliphatic carbocycles. The highest BCUT2D eigenvalue weighted by Gasteiger charge is 2.23. The number of esters is 2. The van der Waals surface area contributed by atoms with Crippen molar-refractivity contribution < 1.29 is 28.5 Å². The third-order valence-electron chi connectivity index (χ3n) is 3.83. The van der Waals surface area contributed by atoms with Crippen LogP contribution < -0.4 is 15.2 Å². The molecular weight excluding hydrogens is 432 g/mol. The SMILES string of the molecule is CCOC(=O)c1sc(N)c(C#N)c1COC(=O)/C=C/c1cc(Cl)c(OC)c(OC)c1. The molecule has 0 fully saturated rings. The average molecular weight is 451 g/mol. The van der Waals surface area contributed by atoms with Crippen molar-refractivity contribution in [3.05, 3.63) is 44.8 Å². The molecule has 158 valence electrons. The average Bonchev–Trinajstić information content (AvgIpc) is 3.05. The molecule has 0 unspecified atom stereocenters. The number of ether oxygens (including phenoxy) is 4. The molecular formula is C20H19ClN2O6S. The molecule has 0 aliphatic rings. The molecule has 0 atom stereocenters. The summed E-state index contributed by atoms with van der Waals surface area (Å²) in [5.41, 5.74) is 6.68. The summed E-state index contributed by atoms with van der Waals surface area (Å²) in [6.45, 7) is 1.51. The highest BCUT2D eigenvalue weighted by Crippen LogP contribution is 2.36. The lowest BCUT2D eigenvalue weighted by molar-refractivity contribution is -0.138. The molecule has 0 spiro atoms. The fraction of sp³-hybridized carbons (Fsp3) is 0.250. The van der Waals surface area contributed by atoms with Crippen LogP contribution in [0.15, 0.2) is 18.2 Å². The topological polar surface area (TPSA) is 121 Å². The Labute approximate surface area is 182 Å². The van der Waals surface area contributed by atoms with Crippen LogP contribution in [-0.2, 0) is 20.9 Å². The summed E-state index contributed by atoms with van der Waals surface area (Å²) in [5, 5.41) is 9.77. The van der Waals surface area contributed by atoms with Gasteiger partial charge in [0.2, 0.25) is 0 Å². The molecule has 0 aliphatic heterocycles. The van der Waals surface area contributed by atoms with Crippen molar-refractivity contribution >= 4 is 46.0 Å². The van der Waals surface area contributed by atoms with Crippen LogP contribution in [0.3, 0.4) is 0 Å². The summed E-state index contributed by atoms with van der Waals surface area (Å²) in [6, 6.07) is 5.16. The highest BCUT2D eigenvalue weighted by molar-refractivity contribution is 7.18. The van der Waals surface area contributed by atoms with Gasteiger partial charge in [-0.25, -0.2) is 9.59 Å². The van der Waals surface area contributed by atoms with Gasteiger partial charge in [0.25, 0.3) is 0 Å². The predicted molar refractivity (Wildman–Crippen MR) is 113 cm³/mol. The molecule has 10 heteroatoms. The van der Waals surface area contributed by atoms with Gasteiger partial charge in [-0.3, -0.25) is 0 Å². The number of carbonyl (C=O) groups is 2.